The molecule has 24 heavy (non-hydrogen) atoms. The van der Waals surface area contributed by atoms with E-state index in [1.165, 1.54) is 4.88 Å². The minimum atomic E-state index is -0.352. The number of rotatable bonds is 8. The van der Waals surface area contributed by atoms with Crippen LogP contribution in [0.3, 0.4) is 0 Å². The average Bonchev–Trinajstić information content (AvgIpc) is 3.25. The Kier molecular flexibility index (Phi) is 7.36. The Hall–Kier alpha value is -1.76. The standard InChI is InChI=1S/C17H28N4O2S/c1-4-18-16(20-12(3)15-7-6-10-24-15)19-11-14(13-8-9-13)21-17(22)23-5-2/h6-7,10,12-14H,4-5,8-9,11H2,1-3H3,(H,21,22)(H2,18,19,20). The SMILES string of the molecule is CCNC(=NCC(NC(=O)OCC)C1CC1)NC(C)c1cccs1. The summed E-state index contributed by atoms with van der Waals surface area (Å²) < 4.78 is 4.99. The van der Waals surface area contributed by atoms with E-state index in [4.69, 9.17) is 4.74 Å². The highest BCUT2D eigenvalue weighted by Gasteiger charge is 2.32. The molecule has 0 radical (unpaired) electrons. The summed E-state index contributed by atoms with van der Waals surface area (Å²) in [6.45, 7) is 7.70. The summed E-state index contributed by atoms with van der Waals surface area (Å²) in [6.07, 6.45) is 1.93. The van der Waals surface area contributed by atoms with Gasteiger partial charge in [0.1, 0.15) is 0 Å². The van der Waals surface area contributed by atoms with E-state index in [1.807, 2.05) is 13.8 Å². The second-order valence-corrected chi connectivity index (χ2v) is 6.89. The molecule has 0 spiro atoms. The van der Waals surface area contributed by atoms with Crippen LogP contribution in [0.15, 0.2) is 22.5 Å². The molecule has 1 amide bonds. The summed E-state index contributed by atoms with van der Waals surface area (Å²) in [6, 6.07) is 4.40. The molecule has 2 atom stereocenters. The lowest BCUT2D eigenvalue weighted by Gasteiger charge is -2.19. The molecule has 3 N–H and O–H groups in total. The number of carbonyl (C=O) groups is 1. The van der Waals surface area contributed by atoms with Crippen LogP contribution in [-0.2, 0) is 4.74 Å². The van der Waals surface area contributed by atoms with Gasteiger partial charge >= 0.3 is 6.09 Å². The molecule has 1 aromatic heterocycles. The normalized spacial score (nSPS) is 17.0. The second-order valence-electron chi connectivity index (χ2n) is 5.91. The van der Waals surface area contributed by atoms with Gasteiger partial charge in [-0.05, 0) is 51.0 Å². The number of thiophene rings is 1. The van der Waals surface area contributed by atoms with Crippen LogP contribution in [-0.4, -0.2) is 37.8 Å². The summed E-state index contributed by atoms with van der Waals surface area (Å²) >= 11 is 1.73. The van der Waals surface area contributed by atoms with Gasteiger partial charge < -0.3 is 20.7 Å². The van der Waals surface area contributed by atoms with E-state index in [0.717, 1.165) is 25.3 Å². The van der Waals surface area contributed by atoms with Gasteiger partial charge in [0.05, 0.1) is 25.2 Å². The first-order chi connectivity index (χ1) is 11.6. The molecule has 6 nitrogen and oxygen atoms in total. The number of ether oxygens (including phenoxy) is 1. The fourth-order valence-corrected chi connectivity index (χ4v) is 3.19. The highest BCUT2D eigenvalue weighted by atomic mass is 32.1. The Morgan fingerprint density at radius 3 is 2.79 bits per heavy atom. The second kappa shape index (κ2) is 9.52. The van der Waals surface area contributed by atoms with Crippen molar-refractivity contribution in [2.45, 2.75) is 45.7 Å². The first-order valence-electron chi connectivity index (χ1n) is 8.65. The monoisotopic (exact) mass is 352 g/mol. The Morgan fingerprint density at radius 2 is 2.21 bits per heavy atom. The van der Waals surface area contributed by atoms with Crippen LogP contribution in [0.2, 0.25) is 0 Å². The van der Waals surface area contributed by atoms with Gasteiger partial charge in [0.25, 0.3) is 0 Å². The molecular weight excluding hydrogens is 324 g/mol. The van der Waals surface area contributed by atoms with Crippen LogP contribution in [0.25, 0.3) is 0 Å². The van der Waals surface area contributed by atoms with Crippen LogP contribution in [0.4, 0.5) is 4.79 Å². The van der Waals surface area contributed by atoms with Crippen molar-refractivity contribution < 1.29 is 9.53 Å². The number of nitrogens with one attached hydrogen (secondary N) is 3. The van der Waals surface area contributed by atoms with Gasteiger partial charge in [-0.3, -0.25) is 4.99 Å². The molecule has 1 fully saturated rings. The smallest absolute Gasteiger partial charge is 0.407 e. The molecule has 0 aromatic carbocycles. The van der Waals surface area contributed by atoms with E-state index >= 15 is 0 Å². The Balaban J connectivity index is 1.93. The van der Waals surface area contributed by atoms with Crippen LogP contribution >= 0.6 is 11.3 Å². The van der Waals surface area contributed by atoms with Crippen LogP contribution in [0.1, 0.15) is 44.5 Å². The van der Waals surface area contributed by atoms with Crippen molar-refractivity contribution in [1.82, 2.24) is 16.0 Å². The molecule has 134 valence electrons. The van der Waals surface area contributed by atoms with E-state index in [2.05, 4.69) is 45.4 Å². The van der Waals surface area contributed by atoms with Gasteiger partial charge in [0.15, 0.2) is 5.96 Å². The largest absolute Gasteiger partial charge is 0.450 e. The third-order valence-electron chi connectivity index (χ3n) is 3.88. The predicted octanol–water partition coefficient (Wildman–Crippen LogP) is 2.89. The zero-order valence-electron chi connectivity index (χ0n) is 14.7. The van der Waals surface area contributed by atoms with Crippen molar-refractivity contribution in [1.29, 1.82) is 0 Å². The van der Waals surface area contributed by atoms with Crippen molar-refractivity contribution in [3.05, 3.63) is 22.4 Å². The highest BCUT2D eigenvalue weighted by molar-refractivity contribution is 7.10. The van der Waals surface area contributed by atoms with Gasteiger partial charge in [0, 0.05) is 11.4 Å². The number of guanidine groups is 1. The molecule has 0 bridgehead atoms. The molecule has 0 aliphatic heterocycles. The van der Waals surface area contributed by atoms with E-state index in [1.54, 1.807) is 11.3 Å². The molecule has 1 aliphatic rings. The third kappa shape index (κ3) is 6.03. The molecule has 0 saturated heterocycles. The van der Waals surface area contributed by atoms with Gasteiger partial charge in [-0.1, -0.05) is 6.07 Å². The maximum absolute atomic E-state index is 11.7. The third-order valence-corrected chi connectivity index (χ3v) is 4.94. The summed E-state index contributed by atoms with van der Waals surface area (Å²) in [5.41, 5.74) is 0. The summed E-state index contributed by atoms with van der Waals surface area (Å²) in [5, 5.41) is 11.7. The first-order valence-corrected chi connectivity index (χ1v) is 9.53. The van der Waals surface area contributed by atoms with Crippen molar-refractivity contribution in [3.8, 4) is 0 Å². The van der Waals surface area contributed by atoms with Gasteiger partial charge in [-0.15, -0.1) is 11.3 Å². The first kappa shape index (κ1) is 18.6. The van der Waals surface area contributed by atoms with Crippen LogP contribution in [0, 0.1) is 5.92 Å². The van der Waals surface area contributed by atoms with Crippen LogP contribution < -0.4 is 16.0 Å². The molecular formula is C17H28N4O2S. The number of carbonyl (C=O) groups excluding carboxylic acids is 1. The number of aliphatic imine (C=N–C) groups is 1. The fourth-order valence-electron chi connectivity index (χ4n) is 2.46. The highest BCUT2D eigenvalue weighted by Crippen LogP contribution is 2.32. The van der Waals surface area contributed by atoms with Gasteiger partial charge in [-0.25, -0.2) is 4.79 Å². The average molecular weight is 353 g/mol. The lowest BCUT2D eigenvalue weighted by molar-refractivity contribution is 0.147. The molecule has 2 rings (SSSR count). The molecule has 2 unspecified atom stereocenters. The van der Waals surface area contributed by atoms with E-state index in [9.17, 15) is 4.79 Å². The summed E-state index contributed by atoms with van der Waals surface area (Å²) in [7, 11) is 0. The van der Waals surface area contributed by atoms with E-state index in [-0.39, 0.29) is 18.2 Å². The maximum atomic E-state index is 11.7. The van der Waals surface area contributed by atoms with Gasteiger partial charge in [-0.2, -0.15) is 0 Å². The van der Waals surface area contributed by atoms with Crippen molar-refractivity contribution in [3.63, 3.8) is 0 Å². The van der Waals surface area contributed by atoms with Crippen molar-refractivity contribution in [2.24, 2.45) is 10.9 Å². The Morgan fingerprint density at radius 1 is 1.42 bits per heavy atom. The quantitative estimate of drug-likeness (QED) is 0.497. The van der Waals surface area contributed by atoms with Crippen molar-refractivity contribution >= 4 is 23.4 Å². The van der Waals surface area contributed by atoms with Crippen LogP contribution in [0.5, 0.6) is 0 Å². The number of amides is 1. The summed E-state index contributed by atoms with van der Waals surface area (Å²) in [4.78, 5) is 17.6. The van der Waals surface area contributed by atoms with E-state index in [0.29, 0.717) is 19.1 Å². The van der Waals surface area contributed by atoms with Crippen molar-refractivity contribution in [2.75, 3.05) is 19.7 Å². The number of hydrogen-bond donors (Lipinski definition) is 3. The van der Waals surface area contributed by atoms with E-state index < -0.39 is 0 Å². The van der Waals surface area contributed by atoms with Gasteiger partial charge in [0.2, 0.25) is 0 Å². The molecule has 1 heterocycles. The minimum absolute atomic E-state index is 0.0385. The lowest BCUT2D eigenvalue weighted by atomic mass is 10.2. The number of hydrogen-bond acceptors (Lipinski definition) is 4. The molecule has 1 saturated carbocycles. The topological polar surface area (TPSA) is 74.8 Å². The minimum Gasteiger partial charge on any atom is -0.450 e. The summed E-state index contributed by atoms with van der Waals surface area (Å²) in [5.74, 6) is 1.28. The maximum Gasteiger partial charge on any atom is 0.407 e. The number of alkyl carbamates (subject to hydrolysis) is 1. The zero-order chi connectivity index (χ0) is 17.4. The Labute approximate surface area is 148 Å². The molecule has 7 heteroatoms. The zero-order valence-corrected chi connectivity index (χ0v) is 15.5. The molecule has 1 aromatic rings. The Bertz CT molecular complexity index is 529. The fraction of sp³-hybridized carbons (Fsp3) is 0.647. The predicted molar refractivity (Wildman–Crippen MR) is 98.5 cm³/mol. The number of nitrogens with zero attached hydrogens (tertiary/aromatic N) is 1. The lowest BCUT2D eigenvalue weighted by Crippen LogP contribution is -2.42. The molecule has 1 aliphatic carbocycles.